The van der Waals surface area contributed by atoms with Crippen LogP contribution in [0.4, 0.5) is 16.2 Å². The van der Waals surface area contributed by atoms with Gasteiger partial charge in [-0.2, -0.15) is 10.2 Å². The number of ether oxygens (including phenoxy) is 2. The van der Waals surface area contributed by atoms with Crippen LogP contribution in [0.1, 0.15) is 63.9 Å². The lowest BCUT2D eigenvalue weighted by Gasteiger charge is -2.40. The van der Waals surface area contributed by atoms with Gasteiger partial charge < -0.3 is 24.1 Å². The minimum atomic E-state index is -5.31. The zero-order valence-electron chi connectivity index (χ0n) is 38.2. The summed E-state index contributed by atoms with van der Waals surface area (Å²) in [4.78, 5) is 74.1. The summed E-state index contributed by atoms with van der Waals surface area (Å²) in [6.07, 6.45) is -10.2. The number of amides is 2. The van der Waals surface area contributed by atoms with Gasteiger partial charge in [0.2, 0.25) is 11.9 Å². The Labute approximate surface area is 393 Å². The molecule has 5 aromatic rings. The van der Waals surface area contributed by atoms with Gasteiger partial charge in [0.05, 0.1) is 45.0 Å². The summed E-state index contributed by atoms with van der Waals surface area (Å²) in [5, 5.41) is 14.2. The highest BCUT2D eigenvalue weighted by atomic mass is 31.2. The van der Waals surface area contributed by atoms with Crippen molar-refractivity contribution in [3.8, 4) is 6.07 Å². The number of alkyl halides is 1. The number of aromatic amines is 1. The third-order valence-corrected chi connectivity index (χ3v) is 18.9. The van der Waals surface area contributed by atoms with Gasteiger partial charge in [0.1, 0.15) is 36.8 Å². The first-order valence-corrected chi connectivity index (χ1v) is 27.5. The van der Waals surface area contributed by atoms with Crippen molar-refractivity contribution in [3.05, 3.63) is 65.2 Å². The van der Waals surface area contributed by atoms with Crippen molar-refractivity contribution >= 4 is 69.9 Å². The second-order valence-electron chi connectivity index (χ2n) is 18.1. The molecular weight excluding hydrogens is 968 g/mol. The van der Waals surface area contributed by atoms with Gasteiger partial charge in [-0.15, -0.1) is 0 Å². The molecule has 3 aliphatic heterocycles. The first kappa shape index (κ1) is 50.2. The lowest BCUT2D eigenvalue weighted by molar-refractivity contribution is -0.118. The fraction of sp³-hybridized carbons (Fsp3) is 0.525. The number of nitriles is 1. The summed E-state index contributed by atoms with van der Waals surface area (Å²) < 4.78 is 96.9. The molecule has 4 N–H and O–H groups in total. The van der Waals surface area contributed by atoms with Gasteiger partial charge in [-0.3, -0.25) is 56.4 Å². The predicted molar refractivity (Wildman–Crippen MR) is 241 cm³/mol. The SMILES string of the molecule is CC(C)C(=O)Nc1nc2c(ncn2[C@@H]2O[C@@H]3COP(=O)(O)OC4C(F)[C@H](n5cnc6c(NC(=O)c7ccccc7)ncnc65)O[C@@H]4COP(=O)(OCCC#N)OC2C3O[Si](C)(C)C(C)(C)C)c(=O)[nH]1. The molecule has 3 aliphatic rings. The molecule has 29 heteroatoms. The smallest absolute Gasteiger partial charge is 0.408 e. The number of H-pyrrole nitrogens is 1. The van der Waals surface area contributed by atoms with E-state index in [1.807, 2.05) is 39.9 Å². The molecule has 69 heavy (non-hydrogen) atoms. The molecule has 3 saturated heterocycles. The van der Waals surface area contributed by atoms with Gasteiger partial charge >= 0.3 is 15.6 Å². The number of anilines is 2. The molecule has 7 heterocycles. The van der Waals surface area contributed by atoms with Gasteiger partial charge in [-0.1, -0.05) is 52.8 Å². The van der Waals surface area contributed by atoms with Gasteiger partial charge in [0, 0.05) is 11.5 Å². The molecular formula is C40H50FN11O14P2Si. The second-order valence-corrected chi connectivity index (χ2v) is 25.8. The Bertz CT molecular complexity index is 2930. The van der Waals surface area contributed by atoms with Crippen LogP contribution in [-0.4, -0.2) is 121 Å². The van der Waals surface area contributed by atoms with Crippen LogP contribution in [0.5, 0.6) is 0 Å². The maximum Gasteiger partial charge on any atom is 0.475 e. The molecule has 6 unspecified atom stereocenters. The second kappa shape index (κ2) is 19.5. The van der Waals surface area contributed by atoms with Crippen LogP contribution in [0, 0.1) is 17.2 Å². The van der Waals surface area contributed by atoms with Gasteiger partial charge in [0.15, 0.2) is 55.1 Å². The third kappa shape index (κ3) is 10.5. The van der Waals surface area contributed by atoms with Crippen LogP contribution >= 0.6 is 15.6 Å². The average molecular weight is 1020 g/mol. The zero-order chi connectivity index (χ0) is 49.6. The predicted octanol–water partition coefficient (Wildman–Crippen LogP) is 5.29. The van der Waals surface area contributed by atoms with Crippen molar-refractivity contribution in [1.82, 2.24) is 39.0 Å². The lowest BCUT2D eigenvalue weighted by atomic mass is 10.1. The Morgan fingerprint density at radius 2 is 1.65 bits per heavy atom. The number of carbonyl (C=O) groups excluding carboxylic acids is 2. The Balaban J connectivity index is 1.17. The Hall–Kier alpha value is -5.20. The molecule has 8 rings (SSSR count). The number of fused-ring (bicyclic) bond motifs is 5. The number of imidazole rings is 2. The zero-order valence-corrected chi connectivity index (χ0v) is 41.0. The molecule has 370 valence electrons. The number of benzene rings is 1. The number of rotatable bonds is 11. The summed E-state index contributed by atoms with van der Waals surface area (Å²) in [5.41, 5.74) is -0.718. The highest BCUT2D eigenvalue weighted by Crippen LogP contribution is 2.57. The highest BCUT2D eigenvalue weighted by molar-refractivity contribution is 7.48. The first-order valence-electron chi connectivity index (χ1n) is 21.6. The molecule has 25 nitrogen and oxygen atoms in total. The molecule has 2 bridgehead atoms. The van der Waals surface area contributed by atoms with Gasteiger partial charge in [-0.05, 0) is 30.3 Å². The van der Waals surface area contributed by atoms with Crippen LogP contribution in [0.15, 0.2) is 54.1 Å². The topological polar surface area (TPSA) is 317 Å². The summed E-state index contributed by atoms with van der Waals surface area (Å²) in [5.74, 6) is -1.71. The van der Waals surface area contributed by atoms with E-state index < -0.39 is 121 Å². The monoisotopic (exact) mass is 1020 g/mol. The van der Waals surface area contributed by atoms with E-state index >= 15 is 8.96 Å². The van der Waals surface area contributed by atoms with Crippen molar-refractivity contribution in [3.63, 3.8) is 0 Å². The summed E-state index contributed by atoms with van der Waals surface area (Å²) in [6, 6.07) is 10.2. The molecule has 3 fully saturated rings. The van der Waals surface area contributed by atoms with Crippen molar-refractivity contribution < 1.29 is 64.5 Å². The molecule has 0 aliphatic carbocycles. The highest BCUT2D eigenvalue weighted by Gasteiger charge is 2.57. The van der Waals surface area contributed by atoms with Crippen molar-refractivity contribution in [1.29, 1.82) is 5.26 Å². The van der Waals surface area contributed by atoms with Crippen molar-refractivity contribution in [2.75, 3.05) is 30.5 Å². The Kier molecular flexibility index (Phi) is 14.2. The van der Waals surface area contributed by atoms with Crippen molar-refractivity contribution in [2.24, 2.45) is 5.92 Å². The number of nitrogens with zero attached hydrogens (tertiary/aromatic N) is 8. The largest absolute Gasteiger partial charge is 0.475 e. The number of nitrogens with one attached hydrogen (secondary N) is 3. The van der Waals surface area contributed by atoms with E-state index in [2.05, 4.69) is 40.5 Å². The fourth-order valence-corrected chi connectivity index (χ4v) is 11.0. The van der Waals surface area contributed by atoms with E-state index in [0.29, 0.717) is 5.56 Å². The number of phosphoric ester groups is 2. The number of halogens is 1. The molecule has 0 spiro atoms. The molecule has 1 aromatic carbocycles. The Morgan fingerprint density at radius 3 is 2.35 bits per heavy atom. The first-order chi connectivity index (χ1) is 32.6. The number of phosphoric acid groups is 2. The number of hydrogen-bond acceptors (Lipinski definition) is 19. The molecule has 10 atom stereocenters. The summed E-state index contributed by atoms with van der Waals surface area (Å²) in [7, 11) is -13.2. The van der Waals surface area contributed by atoms with Crippen LogP contribution in [0.3, 0.4) is 0 Å². The number of carbonyl (C=O) groups is 2. The van der Waals surface area contributed by atoms with E-state index in [-0.39, 0.29) is 40.5 Å². The van der Waals surface area contributed by atoms with Crippen LogP contribution < -0.4 is 16.2 Å². The van der Waals surface area contributed by atoms with E-state index in [1.165, 1.54) is 10.9 Å². The normalized spacial score (nSPS) is 28.9. The average Bonchev–Trinajstić information content (AvgIpc) is 4.06. The third-order valence-electron chi connectivity index (χ3n) is 11.9. The summed E-state index contributed by atoms with van der Waals surface area (Å²) in [6.45, 7) is 10.7. The fourth-order valence-electron chi connectivity index (χ4n) is 7.31. The van der Waals surface area contributed by atoms with Gasteiger partial charge in [-0.25, -0.2) is 33.5 Å². The molecule has 0 saturated carbocycles. The molecule has 4 aromatic heterocycles. The van der Waals surface area contributed by atoms with E-state index in [0.717, 1.165) is 17.2 Å². The Morgan fingerprint density at radius 1 is 0.971 bits per heavy atom. The van der Waals surface area contributed by atoms with E-state index in [1.54, 1.807) is 44.2 Å². The van der Waals surface area contributed by atoms with Crippen LogP contribution in [-0.2, 0) is 50.4 Å². The minimum Gasteiger partial charge on any atom is -0.408 e. The maximum atomic E-state index is 16.9. The van der Waals surface area contributed by atoms with E-state index in [9.17, 15) is 29.1 Å². The maximum absolute atomic E-state index is 16.9. The van der Waals surface area contributed by atoms with Crippen LogP contribution in [0.25, 0.3) is 22.3 Å². The van der Waals surface area contributed by atoms with E-state index in [4.69, 9.17) is 36.5 Å². The number of aromatic nitrogens is 8. The van der Waals surface area contributed by atoms with Crippen LogP contribution in [0.2, 0.25) is 18.1 Å². The molecule has 0 radical (unpaired) electrons. The van der Waals surface area contributed by atoms with Crippen molar-refractivity contribution in [2.45, 2.75) is 108 Å². The lowest BCUT2D eigenvalue weighted by Crippen LogP contribution is -2.50. The molecule has 2 amide bonds. The summed E-state index contributed by atoms with van der Waals surface area (Å²) >= 11 is 0. The quantitative estimate of drug-likeness (QED) is 0.0742. The standard InChI is InChI=1S/C40H50FN11O14P2Si/c1-21(2)34(53)49-39-48-33-27(36(55)50-39)46-20-52(33)38-30-29(66-69(6,7)40(3,4)5)24(63-38)16-60-67(56,57)64-28-23(17-61-68(58,65-30)59-15-11-14-42)62-37(25(28)41)51-19-45-26-31(43-18-44-32(26)51)47-35(54)22-12-9-8-10-13-22/h8-10,12-13,18-21,23-25,28-30,37-38H,11,15-17H2,1-7H3,(H,56,57)(H,43,44,47,54)(H2,48,49,50,53,55)/t23-,24-,25?,28?,29?,30?,37-,38-,68?/m1/s1. The number of hydrogen-bond donors (Lipinski definition) is 4. The van der Waals surface area contributed by atoms with Gasteiger partial charge in [0.25, 0.3) is 11.5 Å². The minimum absolute atomic E-state index is 0.0142.